The van der Waals surface area contributed by atoms with Crippen LogP contribution in [-0.4, -0.2) is 4.57 Å². The summed E-state index contributed by atoms with van der Waals surface area (Å²) in [5, 5.41) is 6.20. The first kappa shape index (κ1) is 28.9. The van der Waals surface area contributed by atoms with E-state index in [0.717, 1.165) is 22.7 Å². The van der Waals surface area contributed by atoms with Gasteiger partial charge in [0, 0.05) is 33.5 Å². The lowest BCUT2D eigenvalue weighted by Gasteiger charge is -2.45. The molecule has 0 unspecified atom stereocenters. The normalized spacial score (nSPS) is 13.5. The van der Waals surface area contributed by atoms with Gasteiger partial charge in [0.2, 0.25) is 0 Å². The van der Waals surface area contributed by atoms with E-state index in [2.05, 4.69) is 209 Å². The van der Waals surface area contributed by atoms with Crippen LogP contribution in [0.1, 0.15) is 22.3 Å². The summed E-state index contributed by atoms with van der Waals surface area (Å²) in [7, 11) is 0. The van der Waals surface area contributed by atoms with Crippen LogP contribution in [0.25, 0.3) is 38.6 Å². The standard InChI is InChI=1S/C49H33N3/c1-3-15-33(16-4-1)50-34-27-29-38-37-19-7-9-21-41(37)49(44(38)31-34)42-22-10-13-25-46(42)52(47-26-14-11-23-43(47)49)36-28-30-40-39-20-8-12-24-45(39)51(48(40)32-36)35-17-5-2-6-18-35/h1-32,50H. The van der Waals surface area contributed by atoms with Gasteiger partial charge in [-0.15, -0.1) is 0 Å². The van der Waals surface area contributed by atoms with Crippen molar-refractivity contribution in [3.05, 3.63) is 216 Å². The Hall–Kier alpha value is -6.84. The molecule has 0 amide bonds. The maximum Gasteiger partial charge on any atom is 0.0755 e. The minimum Gasteiger partial charge on any atom is -0.356 e. The van der Waals surface area contributed by atoms with Gasteiger partial charge < -0.3 is 14.8 Å². The van der Waals surface area contributed by atoms with Gasteiger partial charge in [-0.3, -0.25) is 0 Å². The first-order valence-corrected chi connectivity index (χ1v) is 17.9. The van der Waals surface area contributed by atoms with Gasteiger partial charge in [0.15, 0.2) is 0 Å². The highest BCUT2D eigenvalue weighted by Crippen LogP contribution is 2.63. The van der Waals surface area contributed by atoms with E-state index < -0.39 is 5.41 Å². The molecule has 2 heterocycles. The van der Waals surface area contributed by atoms with E-state index in [-0.39, 0.29) is 0 Å². The molecule has 8 aromatic carbocycles. The summed E-state index contributed by atoms with van der Waals surface area (Å²) in [6.45, 7) is 0. The Morgan fingerprint density at radius 1 is 0.365 bits per heavy atom. The van der Waals surface area contributed by atoms with Gasteiger partial charge in [0.05, 0.1) is 27.8 Å². The Morgan fingerprint density at radius 2 is 0.962 bits per heavy atom. The quantitative estimate of drug-likeness (QED) is 0.202. The largest absolute Gasteiger partial charge is 0.356 e. The zero-order chi connectivity index (χ0) is 34.2. The molecule has 1 spiro atoms. The van der Waals surface area contributed by atoms with E-state index >= 15 is 0 Å². The van der Waals surface area contributed by atoms with Crippen molar-refractivity contribution < 1.29 is 0 Å². The molecule has 0 saturated heterocycles. The smallest absolute Gasteiger partial charge is 0.0755 e. The summed E-state index contributed by atoms with van der Waals surface area (Å²) in [5.74, 6) is 0. The molecular weight excluding hydrogens is 631 g/mol. The minimum absolute atomic E-state index is 0.507. The van der Waals surface area contributed by atoms with E-state index in [1.807, 2.05) is 0 Å². The molecule has 11 rings (SSSR count). The summed E-state index contributed by atoms with van der Waals surface area (Å²) >= 11 is 0. The van der Waals surface area contributed by atoms with E-state index in [4.69, 9.17) is 0 Å². The molecule has 9 aromatic rings. The van der Waals surface area contributed by atoms with Crippen molar-refractivity contribution in [2.45, 2.75) is 5.41 Å². The zero-order valence-corrected chi connectivity index (χ0v) is 28.4. The minimum atomic E-state index is -0.507. The van der Waals surface area contributed by atoms with Gasteiger partial charge >= 0.3 is 0 Å². The predicted octanol–water partition coefficient (Wildman–Crippen LogP) is 12.7. The summed E-state index contributed by atoms with van der Waals surface area (Å²) < 4.78 is 2.40. The maximum atomic E-state index is 3.70. The summed E-state index contributed by atoms with van der Waals surface area (Å²) in [5.41, 5.74) is 16.4. The van der Waals surface area contributed by atoms with Crippen LogP contribution in [0.2, 0.25) is 0 Å². The van der Waals surface area contributed by atoms with Crippen LogP contribution in [0.4, 0.5) is 28.4 Å². The van der Waals surface area contributed by atoms with Crippen molar-refractivity contribution in [1.82, 2.24) is 4.57 Å². The molecule has 244 valence electrons. The lowest BCUT2D eigenvalue weighted by molar-refractivity contribution is 0.753. The van der Waals surface area contributed by atoms with Gasteiger partial charge in [-0.2, -0.15) is 0 Å². The maximum absolute atomic E-state index is 3.70. The summed E-state index contributed by atoms with van der Waals surface area (Å²) in [6, 6.07) is 70.9. The molecule has 1 aliphatic heterocycles. The Labute approximate surface area is 302 Å². The van der Waals surface area contributed by atoms with Crippen LogP contribution >= 0.6 is 0 Å². The second-order valence-electron chi connectivity index (χ2n) is 13.8. The van der Waals surface area contributed by atoms with Crippen LogP contribution < -0.4 is 10.2 Å². The average molecular weight is 664 g/mol. The van der Waals surface area contributed by atoms with E-state index in [9.17, 15) is 0 Å². The molecule has 2 aliphatic rings. The molecule has 1 N–H and O–H groups in total. The Kier molecular flexibility index (Phi) is 6.17. The van der Waals surface area contributed by atoms with Crippen molar-refractivity contribution in [3.8, 4) is 16.8 Å². The molecule has 3 heteroatoms. The van der Waals surface area contributed by atoms with Crippen LogP contribution in [0.5, 0.6) is 0 Å². The molecule has 0 atom stereocenters. The summed E-state index contributed by atoms with van der Waals surface area (Å²) in [6.07, 6.45) is 0. The monoisotopic (exact) mass is 663 g/mol. The number of hydrogen-bond donors (Lipinski definition) is 1. The number of para-hydroxylation sites is 5. The number of hydrogen-bond acceptors (Lipinski definition) is 2. The molecular formula is C49H33N3. The summed E-state index contributed by atoms with van der Waals surface area (Å²) in [4.78, 5) is 2.48. The molecule has 0 bridgehead atoms. The SMILES string of the molecule is c1ccc(Nc2ccc3c(c2)C2(c4ccccc4-3)c3ccccc3N(c3ccc4c5ccccc5n(-c5ccccc5)c4c3)c3ccccc32)cc1. The number of fused-ring (bicyclic) bond motifs is 12. The second kappa shape index (κ2) is 11.1. The highest BCUT2D eigenvalue weighted by molar-refractivity contribution is 6.10. The molecule has 52 heavy (non-hydrogen) atoms. The van der Waals surface area contributed by atoms with Crippen molar-refractivity contribution in [1.29, 1.82) is 0 Å². The van der Waals surface area contributed by atoms with Gasteiger partial charge in [0.1, 0.15) is 0 Å². The molecule has 1 aromatic heterocycles. The average Bonchev–Trinajstić information content (AvgIpc) is 3.69. The van der Waals surface area contributed by atoms with Crippen molar-refractivity contribution in [2.24, 2.45) is 0 Å². The Morgan fingerprint density at radius 3 is 1.73 bits per heavy atom. The highest BCUT2D eigenvalue weighted by atomic mass is 15.2. The Balaban J connectivity index is 1.18. The molecule has 0 saturated carbocycles. The fraction of sp³-hybridized carbons (Fsp3) is 0.0204. The fourth-order valence-electron chi connectivity index (χ4n) is 9.10. The zero-order valence-electron chi connectivity index (χ0n) is 28.4. The lowest BCUT2D eigenvalue weighted by Crippen LogP contribution is -2.36. The first-order chi connectivity index (χ1) is 25.8. The fourth-order valence-corrected chi connectivity index (χ4v) is 9.10. The van der Waals surface area contributed by atoms with Crippen LogP contribution in [-0.2, 0) is 5.41 Å². The van der Waals surface area contributed by atoms with Gasteiger partial charge in [0.25, 0.3) is 0 Å². The van der Waals surface area contributed by atoms with Crippen molar-refractivity contribution in [3.63, 3.8) is 0 Å². The first-order valence-electron chi connectivity index (χ1n) is 17.9. The van der Waals surface area contributed by atoms with Crippen LogP contribution in [0.3, 0.4) is 0 Å². The lowest BCUT2D eigenvalue weighted by atomic mass is 9.64. The number of nitrogens with one attached hydrogen (secondary N) is 1. The number of rotatable bonds is 4. The second-order valence-corrected chi connectivity index (χ2v) is 13.8. The predicted molar refractivity (Wildman–Crippen MR) is 216 cm³/mol. The van der Waals surface area contributed by atoms with E-state index in [1.54, 1.807) is 0 Å². The van der Waals surface area contributed by atoms with Crippen LogP contribution in [0, 0.1) is 0 Å². The van der Waals surface area contributed by atoms with Crippen molar-refractivity contribution in [2.75, 3.05) is 10.2 Å². The highest BCUT2D eigenvalue weighted by Gasteiger charge is 2.51. The number of aromatic nitrogens is 1. The number of benzene rings is 8. The molecule has 0 fully saturated rings. The third-order valence-electron chi connectivity index (χ3n) is 11.1. The third kappa shape index (κ3) is 3.96. The van der Waals surface area contributed by atoms with Gasteiger partial charge in [-0.25, -0.2) is 0 Å². The van der Waals surface area contributed by atoms with Gasteiger partial charge in [-0.1, -0.05) is 127 Å². The third-order valence-corrected chi connectivity index (χ3v) is 11.1. The van der Waals surface area contributed by atoms with Gasteiger partial charge in [-0.05, 0) is 100 Å². The van der Waals surface area contributed by atoms with E-state index in [1.165, 1.54) is 66.6 Å². The number of anilines is 5. The van der Waals surface area contributed by atoms with E-state index in [0.29, 0.717) is 0 Å². The molecule has 1 aliphatic carbocycles. The van der Waals surface area contributed by atoms with Crippen molar-refractivity contribution >= 4 is 50.2 Å². The molecule has 0 radical (unpaired) electrons. The molecule has 3 nitrogen and oxygen atoms in total. The van der Waals surface area contributed by atoms with Crippen LogP contribution in [0.15, 0.2) is 194 Å². The Bertz CT molecular complexity index is 2780. The topological polar surface area (TPSA) is 20.2 Å². The number of nitrogens with zero attached hydrogens (tertiary/aromatic N) is 2.